The quantitative estimate of drug-likeness (QED) is 0.847. The first-order chi connectivity index (χ1) is 8.06. The third-order valence-electron chi connectivity index (χ3n) is 3.24. The van der Waals surface area contributed by atoms with Crippen molar-refractivity contribution in [2.75, 3.05) is 6.54 Å². The number of nitrogens with two attached hydrogens (primary N) is 1. The fourth-order valence-electron chi connectivity index (χ4n) is 1.90. The molecule has 0 spiro atoms. The lowest BCUT2D eigenvalue weighted by Gasteiger charge is -2.25. The van der Waals surface area contributed by atoms with Gasteiger partial charge in [0.15, 0.2) is 0 Å². The first-order valence-electron chi connectivity index (χ1n) is 6.50. The molecule has 1 aliphatic rings. The molecule has 1 aromatic rings. The van der Waals surface area contributed by atoms with Gasteiger partial charge in [0.25, 0.3) is 0 Å². The van der Waals surface area contributed by atoms with Crippen LogP contribution in [0.15, 0.2) is 5.38 Å². The second kappa shape index (κ2) is 5.46. The normalized spacial score (nSPS) is 18.0. The van der Waals surface area contributed by atoms with E-state index in [9.17, 15) is 0 Å². The molecule has 2 N–H and O–H groups in total. The molecule has 0 bridgehead atoms. The second-order valence-corrected chi connectivity index (χ2v) is 6.32. The zero-order chi connectivity index (χ0) is 12.4. The third kappa shape index (κ3) is 3.76. The van der Waals surface area contributed by atoms with Crippen molar-refractivity contribution in [3.05, 3.63) is 16.1 Å². The molecule has 0 aromatic carbocycles. The summed E-state index contributed by atoms with van der Waals surface area (Å²) in [7, 11) is 0. The summed E-state index contributed by atoms with van der Waals surface area (Å²) in [6, 6.07) is 0.653. The fraction of sp³-hybridized carbons (Fsp3) is 0.769. The van der Waals surface area contributed by atoms with Crippen LogP contribution < -0.4 is 5.73 Å². The van der Waals surface area contributed by atoms with E-state index in [2.05, 4.69) is 29.1 Å². The van der Waals surface area contributed by atoms with Crippen LogP contribution in [-0.4, -0.2) is 22.5 Å². The Bertz CT molecular complexity index is 355. The van der Waals surface area contributed by atoms with Crippen molar-refractivity contribution >= 4 is 11.3 Å². The molecule has 1 atom stereocenters. The molecule has 1 aromatic heterocycles. The van der Waals surface area contributed by atoms with E-state index in [1.807, 2.05) is 6.92 Å². The standard InChI is InChI=1S/C13H23N3S/c1-9(2)16(6-11-4-5-11)7-12-8-17-13(15-12)10(3)14/h8-11H,4-7,14H2,1-3H3. The van der Waals surface area contributed by atoms with E-state index in [1.54, 1.807) is 11.3 Å². The van der Waals surface area contributed by atoms with Gasteiger partial charge in [-0.25, -0.2) is 4.98 Å². The number of rotatable bonds is 6. The maximum absolute atomic E-state index is 5.84. The van der Waals surface area contributed by atoms with E-state index < -0.39 is 0 Å². The molecule has 2 rings (SSSR count). The van der Waals surface area contributed by atoms with Crippen molar-refractivity contribution in [3.63, 3.8) is 0 Å². The van der Waals surface area contributed by atoms with Gasteiger partial charge < -0.3 is 5.73 Å². The molecule has 1 unspecified atom stereocenters. The molecule has 0 saturated heterocycles. The molecule has 0 aliphatic heterocycles. The van der Waals surface area contributed by atoms with Crippen LogP contribution in [0.5, 0.6) is 0 Å². The summed E-state index contributed by atoms with van der Waals surface area (Å²) in [6.07, 6.45) is 2.82. The highest BCUT2D eigenvalue weighted by Crippen LogP contribution is 2.31. The number of hydrogen-bond donors (Lipinski definition) is 1. The minimum Gasteiger partial charge on any atom is -0.322 e. The average molecular weight is 253 g/mol. The second-order valence-electron chi connectivity index (χ2n) is 5.43. The molecule has 0 amide bonds. The Morgan fingerprint density at radius 3 is 2.65 bits per heavy atom. The summed E-state index contributed by atoms with van der Waals surface area (Å²) < 4.78 is 0. The van der Waals surface area contributed by atoms with Gasteiger partial charge in [-0.2, -0.15) is 0 Å². The van der Waals surface area contributed by atoms with Crippen molar-refractivity contribution < 1.29 is 0 Å². The van der Waals surface area contributed by atoms with Crippen LogP contribution in [0.1, 0.15) is 50.4 Å². The number of aromatic nitrogens is 1. The zero-order valence-electron chi connectivity index (χ0n) is 11.0. The van der Waals surface area contributed by atoms with Crippen LogP contribution in [0.4, 0.5) is 0 Å². The monoisotopic (exact) mass is 253 g/mol. The topological polar surface area (TPSA) is 42.1 Å². The maximum atomic E-state index is 5.84. The minimum atomic E-state index is 0.0599. The first kappa shape index (κ1) is 13.0. The molecule has 1 heterocycles. The first-order valence-corrected chi connectivity index (χ1v) is 7.38. The van der Waals surface area contributed by atoms with Gasteiger partial charge >= 0.3 is 0 Å². The lowest BCUT2D eigenvalue weighted by Crippen LogP contribution is -2.32. The Balaban J connectivity index is 1.95. The van der Waals surface area contributed by atoms with E-state index in [-0.39, 0.29) is 6.04 Å². The fourth-order valence-corrected chi connectivity index (χ4v) is 2.67. The largest absolute Gasteiger partial charge is 0.322 e. The van der Waals surface area contributed by atoms with Crippen molar-refractivity contribution in [2.24, 2.45) is 11.7 Å². The minimum absolute atomic E-state index is 0.0599. The maximum Gasteiger partial charge on any atom is 0.109 e. The molecule has 3 nitrogen and oxygen atoms in total. The van der Waals surface area contributed by atoms with Gasteiger partial charge in [-0.15, -0.1) is 11.3 Å². The summed E-state index contributed by atoms with van der Waals surface area (Å²) in [6.45, 7) is 8.72. The molecule has 1 saturated carbocycles. The van der Waals surface area contributed by atoms with Gasteiger partial charge in [0, 0.05) is 24.5 Å². The van der Waals surface area contributed by atoms with Crippen LogP contribution in [0.25, 0.3) is 0 Å². The van der Waals surface area contributed by atoms with Gasteiger partial charge in [-0.3, -0.25) is 4.90 Å². The highest BCUT2D eigenvalue weighted by molar-refractivity contribution is 7.09. The van der Waals surface area contributed by atoms with Crippen LogP contribution in [0.2, 0.25) is 0 Å². The summed E-state index contributed by atoms with van der Waals surface area (Å²) in [4.78, 5) is 7.14. The summed E-state index contributed by atoms with van der Waals surface area (Å²) in [5.41, 5.74) is 7.02. The molecule has 1 fully saturated rings. The van der Waals surface area contributed by atoms with Crippen LogP contribution >= 0.6 is 11.3 Å². The van der Waals surface area contributed by atoms with Gasteiger partial charge in [-0.05, 0) is 39.5 Å². The molecular weight excluding hydrogens is 230 g/mol. The van der Waals surface area contributed by atoms with E-state index in [1.165, 1.54) is 25.1 Å². The third-order valence-corrected chi connectivity index (χ3v) is 4.34. The molecule has 0 radical (unpaired) electrons. The van der Waals surface area contributed by atoms with E-state index in [4.69, 9.17) is 5.73 Å². The Morgan fingerprint density at radius 2 is 2.18 bits per heavy atom. The molecule has 17 heavy (non-hydrogen) atoms. The number of hydrogen-bond acceptors (Lipinski definition) is 4. The highest BCUT2D eigenvalue weighted by atomic mass is 32.1. The van der Waals surface area contributed by atoms with Crippen molar-refractivity contribution in [1.29, 1.82) is 0 Å². The summed E-state index contributed by atoms with van der Waals surface area (Å²) in [5.74, 6) is 0.934. The summed E-state index contributed by atoms with van der Waals surface area (Å²) >= 11 is 1.68. The van der Waals surface area contributed by atoms with Crippen LogP contribution in [0, 0.1) is 5.92 Å². The Hall–Kier alpha value is -0.450. The number of nitrogens with zero attached hydrogens (tertiary/aromatic N) is 2. The van der Waals surface area contributed by atoms with Gasteiger partial charge in [-0.1, -0.05) is 0 Å². The lowest BCUT2D eigenvalue weighted by molar-refractivity contribution is 0.201. The van der Waals surface area contributed by atoms with Crippen molar-refractivity contribution in [1.82, 2.24) is 9.88 Å². The number of thiazole rings is 1. The lowest BCUT2D eigenvalue weighted by atomic mass is 10.2. The van der Waals surface area contributed by atoms with Gasteiger partial charge in [0.05, 0.1) is 11.7 Å². The van der Waals surface area contributed by atoms with E-state index in [0.717, 1.165) is 17.5 Å². The van der Waals surface area contributed by atoms with Gasteiger partial charge in [0.2, 0.25) is 0 Å². The molecule has 4 heteroatoms. The Morgan fingerprint density at radius 1 is 1.47 bits per heavy atom. The average Bonchev–Trinajstić information content (AvgIpc) is 2.93. The summed E-state index contributed by atoms with van der Waals surface area (Å²) in [5, 5.41) is 3.20. The van der Waals surface area contributed by atoms with Crippen LogP contribution in [-0.2, 0) is 6.54 Å². The van der Waals surface area contributed by atoms with E-state index in [0.29, 0.717) is 6.04 Å². The molecule has 1 aliphatic carbocycles. The molecule has 96 valence electrons. The van der Waals surface area contributed by atoms with Crippen LogP contribution in [0.3, 0.4) is 0 Å². The predicted molar refractivity (Wildman–Crippen MR) is 73.0 cm³/mol. The van der Waals surface area contributed by atoms with Gasteiger partial charge in [0.1, 0.15) is 5.01 Å². The SMILES string of the molecule is CC(N)c1nc(CN(CC2CC2)C(C)C)cs1. The smallest absolute Gasteiger partial charge is 0.109 e. The zero-order valence-corrected chi connectivity index (χ0v) is 11.8. The predicted octanol–water partition coefficient (Wildman–Crippen LogP) is 2.78. The Kier molecular flexibility index (Phi) is 4.17. The van der Waals surface area contributed by atoms with E-state index >= 15 is 0 Å². The van der Waals surface area contributed by atoms with Crippen molar-refractivity contribution in [3.8, 4) is 0 Å². The van der Waals surface area contributed by atoms with Crippen molar-refractivity contribution in [2.45, 2.75) is 52.2 Å². The molecular formula is C13H23N3S. The Labute approximate surface area is 108 Å². The highest BCUT2D eigenvalue weighted by Gasteiger charge is 2.25.